The molecule has 0 atom stereocenters. The lowest BCUT2D eigenvalue weighted by Gasteiger charge is -2.43. The molecular formula is C27H38N2O. The van der Waals surface area contributed by atoms with Crippen molar-refractivity contribution in [2.45, 2.75) is 63.8 Å². The van der Waals surface area contributed by atoms with Gasteiger partial charge in [0.2, 0.25) is 0 Å². The predicted octanol–water partition coefficient (Wildman–Crippen LogP) is 5.84. The molecule has 1 aliphatic carbocycles. The molecule has 0 radical (unpaired) electrons. The van der Waals surface area contributed by atoms with Crippen molar-refractivity contribution in [3.05, 3.63) is 59.7 Å². The second kappa shape index (κ2) is 9.01. The van der Waals surface area contributed by atoms with Crippen LogP contribution >= 0.6 is 0 Å². The Bertz CT molecular complexity index is 808. The average molecular weight is 407 g/mol. The van der Waals surface area contributed by atoms with Crippen LogP contribution in [0, 0.1) is 0 Å². The molecule has 1 saturated carbocycles. The van der Waals surface area contributed by atoms with Crippen molar-refractivity contribution in [3.8, 4) is 5.75 Å². The Kier molecular flexibility index (Phi) is 6.38. The van der Waals surface area contributed by atoms with E-state index in [0.29, 0.717) is 0 Å². The molecule has 0 spiro atoms. The largest absolute Gasteiger partial charge is 0.495 e. The van der Waals surface area contributed by atoms with Crippen molar-refractivity contribution in [1.29, 1.82) is 0 Å². The van der Waals surface area contributed by atoms with Gasteiger partial charge in [-0.25, -0.2) is 0 Å². The summed E-state index contributed by atoms with van der Waals surface area (Å²) in [6.07, 6.45) is 5.32. The molecule has 0 bridgehead atoms. The summed E-state index contributed by atoms with van der Waals surface area (Å²) in [5.41, 5.74) is 4.46. The molecule has 162 valence electrons. The van der Waals surface area contributed by atoms with Gasteiger partial charge in [0, 0.05) is 32.2 Å². The van der Waals surface area contributed by atoms with Crippen LogP contribution in [0.4, 0.5) is 5.69 Å². The first-order valence-corrected chi connectivity index (χ1v) is 11.7. The van der Waals surface area contributed by atoms with Crippen LogP contribution in [0.25, 0.3) is 0 Å². The zero-order valence-corrected chi connectivity index (χ0v) is 19.2. The van der Waals surface area contributed by atoms with E-state index in [0.717, 1.165) is 43.9 Å². The highest BCUT2D eigenvalue weighted by Crippen LogP contribution is 2.36. The number of methoxy groups -OCH3 is 1. The Morgan fingerprint density at radius 3 is 2.03 bits per heavy atom. The fourth-order valence-electron chi connectivity index (χ4n) is 5.25. The highest BCUT2D eigenvalue weighted by Gasteiger charge is 2.29. The topological polar surface area (TPSA) is 15.7 Å². The summed E-state index contributed by atoms with van der Waals surface area (Å²) in [4.78, 5) is 5.22. The van der Waals surface area contributed by atoms with Gasteiger partial charge in [-0.2, -0.15) is 0 Å². The van der Waals surface area contributed by atoms with Gasteiger partial charge in [0.15, 0.2) is 0 Å². The Hall–Kier alpha value is -2.00. The SMILES string of the molecule is COc1ccccc1N1CCN(C2CCC(c3ccc(C(C)(C)C)cc3)CC2)CC1. The van der Waals surface area contributed by atoms with E-state index in [1.54, 1.807) is 12.7 Å². The number of piperazine rings is 1. The molecule has 4 rings (SSSR count). The quantitative estimate of drug-likeness (QED) is 0.634. The Balaban J connectivity index is 1.29. The molecule has 2 fully saturated rings. The van der Waals surface area contributed by atoms with Gasteiger partial charge in [0.05, 0.1) is 12.8 Å². The molecule has 3 nitrogen and oxygen atoms in total. The molecule has 3 heteroatoms. The first kappa shape index (κ1) is 21.2. The van der Waals surface area contributed by atoms with Gasteiger partial charge < -0.3 is 9.64 Å². The summed E-state index contributed by atoms with van der Waals surface area (Å²) < 4.78 is 5.57. The van der Waals surface area contributed by atoms with Gasteiger partial charge in [0.1, 0.15) is 5.75 Å². The molecule has 0 unspecified atom stereocenters. The van der Waals surface area contributed by atoms with Gasteiger partial charge in [-0.05, 0) is 60.3 Å². The van der Waals surface area contributed by atoms with E-state index in [9.17, 15) is 0 Å². The minimum Gasteiger partial charge on any atom is -0.495 e. The van der Waals surface area contributed by atoms with Crippen LogP contribution in [0.5, 0.6) is 5.75 Å². The van der Waals surface area contributed by atoms with Crippen molar-refractivity contribution in [3.63, 3.8) is 0 Å². The zero-order chi connectivity index (χ0) is 21.1. The van der Waals surface area contributed by atoms with Crippen molar-refractivity contribution in [1.82, 2.24) is 4.90 Å². The van der Waals surface area contributed by atoms with Crippen LogP contribution in [-0.4, -0.2) is 44.2 Å². The van der Waals surface area contributed by atoms with Crippen molar-refractivity contribution in [2.24, 2.45) is 0 Å². The molecule has 2 aromatic rings. The van der Waals surface area contributed by atoms with E-state index >= 15 is 0 Å². The number of para-hydroxylation sites is 2. The van der Waals surface area contributed by atoms with Gasteiger partial charge in [-0.1, -0.05) is 57.2 Å². The highest BCUT2D eigenvalue weighted by atomic mass is 16.5. The van der Waals surface area contributed by atoms with Crippen LogP contribution in [-0.2, 0) is 5.41 Å². The molecule has 0 amide bonds. The van der Waals surface area contributed by atoms with Gasteiger partial charge in [-0.3, -0.25) is 4.90 Å². The third-order valence-electron chi connectivity index (χ3n) is 7.20. The van der Waals surface area contributed by atoms with Crippen LogP contribution in [0.15, 0.2) is 48.5 Å². The third kappa shape index (κ3) is 4.67. The number of nitrogens with zero attached hydrogens (tertiary/aromatic N) is 2. The van der Waals surface area contributed by atoms with Crippen LogP contribution in [0.3, 0.4) is 0 Å². The Morgan fingerprint density at radius 2 is 1.43 bits per heavy atom. The molecule has 30 heavy (non-hydrogen) atoms. The van der Waals surface area contributed by atoms with Crippen molar-refractivity contribution < 1.29 is 4.74 Å². The van der Waals surface area contributed by atoms with Gasteiger partial charge in [-0.15, -0.1) is 0 Å². The zero-order valence-electron chi connectivity index (χ0n) is 19.2. The lowest BCUT2D eigenvalue weighted by atomic mass is 9.79. The lowest BCUT2D eigenvalue weighted by molar-refractivity contribution is 0.141. The maximum absolute atomic E-state index is 5.57. The number of anilines is 1. The standard InChI is InChI=1S/C27H38N2O/c1-27(2,3)23-13-9-21(10-14-23)22-11-15-24(16-12-22)28-17-19-29(20-18-28)25-7-5-6-8-26(25)30-4/h5-10,13-14,22,24H,11-12,15-20H2,1-4H3. The molecule has 1 heterocycles. The lowest BCUT2D eigenvalue weighted by Crippen LogP contribution is -2.51. The highest BCUT2D eigenvalue weighted by molar-refractivity contribution is 5.58. The van der Waals surface area contributed by atoms with E-state index < -0.39 is 0 Å². The van der Waals surface area contributed by atoms with E-state index in [2.05, 4.69) is 73.0 Å². The maximum atomic E-state index is 5.57. The monoisotopic (exact) mass is 406 g/mol. The van der Waals surface area contributed by atoms with E-state index in [1.807, 2.05) is 6.07 Å². The van der Waals surface area contributed by atoms with Crippen LogP contribution < -0.4 is 9.64 Å². The fraction of sp³-hybridized carbons (Fsp3) is 0.556. The third-order valence-corrected chi connectivity index (χ3v) is 7.20. The predicted molar refractivity (Wildman–Crippen MR) is 127 cm³/mol. The Morgan fingerprint density at radius 1 is 0.800 bits per heavy atom. The number of hydrogen-bond donors (Lipinski definition) is 0. The van der Waals surface area contributed by atoms with Gasteiger partial charge >= 0.3 is 0 Å². The average Bonchev–Trinajstić information content (AvgIpc) is 2.79. The molecule has 0 aromatic heterocycles. The first-order chi connectivity index (χ1) is 14.5. The summed E-state index contributed by atoms with van der Waals surface area (Å²) in [6.45, 7) is 11.4. The summed E-state index contributed by atoms with van der Waals surface area (Å²) >= 11 is 0. The Labute approximate surface area is 183 Å². The summed E-state index contributed by atoms with van der Waals surface area (Å²) in [5.74, 6) is 1.73. The molecule has 2 aromatic carbocycles. The molecule has 2 aliphatic rings. The van der Waals surface area contributed by atoms with Crippen LogP contribution in [0.2, 0.25) is 0 Å². The minimum atomic E-state index is 0.238. The van der Waals surface area contributed by atoms with E-state index in [-0.39, 0.29) is 5.41 Å². The second-order valence-corrected chi connectivity index (χ2v) is 10.1. The number of hydrogen-bond acceptors (Lipinski definition) is 3. The molecular weight excluding hydrogens is 368 g/mol. The summed E-state index contributed by atoms with van der Waals surface area (Å²) in [6, 6.07) is 18.6. The molecule has 1 aliphatic heterocycles. The number of ether oxygens (including phenoxy) is 1. The maximum Gasteiger partial charge on any atom is 0.142 e. The van der Waals surface area contributed by atoms with Crippen LogP contribution in [0.1, 0.15) is 63.5 Å². The second-order valence-electron chi connectivity index (χ2n) is 10.1. The summed E-state index contributed by atoms with van der Waals surface area (Å²) in [7, 11) is 1.77. The van der Waals surface area contributed by atoms with E-state index in [1.165, 1.54) is 36.9 Å². The van der Waals surface area contributed by atoms with Crippen molar-refractivity contribution in [2.75, 3.05) is 38.2 Å². The molecule has 1 saturated heterocycles. The number of rotatable bonds is 4. The van der Waals surface area contributed by atoms with Crippen molar-refractivity contribution >= 4 is 5.69 Å². The molecule has 0 N–H and O–H groups in total. The normalized spacial score (nSPS) is 23.4. The minimum absolute atomic E-state index is 0.238. The smallest absolute Gasteiger partial charge is 0.142 e. The number of benzene rings is 2. The van der Waals surface area contributed by atoms with Gasteiger partial charge in [0.25, 0.3) is 0 Å². The first-order valence-electron chi connectivity index (χ1n) is 11.7. The summed E-state index contributed by atoms with van der Waals surface area (Å²) in [5, 5.41) is 0. The fourth-order valence-corrected chi connectivity index (χ4v) is 5.25. The van der Waals surface area contributed by atoms with E-state index in [4.69, 9.17) is 4.74 Å².